The Hall–Kier alpha value is -0.637. The molecule has 1 unspecified atom stereocenters. The maximum atomic E-state index is 13.9. The summed E-state index contributed by atoms with van der Waals surface area (Å²) >= 11 is 1.07. The first kappa shape index (κ1) is 19.4. The van der Waals surface area contributed by atoms with Gasteiger partial charge in [0, 0.05) is 0 Å². The first-order valence-electron chi connectivity index (χ1n) is 5.85. The Morgan fingerprint density at radius 3 is 2.14 bits per heavy atom. The first-order chi connectivity index (χ1) is 9.50. The summed E-state index contributed by atoms with van der Waals surface area (Å²) in [7, 11) is 0. The number of hydrogen-bond acceptors (Lipinski definition) is 0. The third-order valence-electron chi connectivity index (χ3n) is 3.34. The van der Waals surface area contributed by atoms with Crippen LogP contribution in [0.15, 0.2) is 30.3 Å². The Morgan fingerprint density at radius 2 is 1.50 bits per heavy atom. The van der Waals surface area contributed by atoms with Crippen molar-refractivity contribution in [1.82, 2.24) is 0 Å². The summed E-state index contributed by atoms with van der Waals surface area (Å²) in [6.45, 7) is 0. The van der Waals surface area contributed by atoms with Crippen LogP contribution in [0.25, 0.3) is 11.6 Å². The fraction of sp³-hybridized carbons (Fsp3) is 0.0667. The molecule has 0 saturated heterocycles. The summed E-state index contributed by atoms with van der Waals surface area (Å²) in [6, 6.07) is 8.17. The van der Waals surface area contributed by atoms with Crippen LogP contribution in [0.5, 0.6) is 0 Å². The molecule has 0 aromatic heterocycles. The van der Waals surface area contributed by atoms with E-state index in [0.717, 1.165) is 41.9 Å². The van der Waals surface area contributed by atoms with Crippen LogP contribution in [-0.4, -0.2) is 0 Å². The number of rotatable bonds is 1. The topological polar surface area (TPSA) is 0 Å². The molecule has 113 valence electrons. The van der Waals surface area contributed by atoms with Gasteiger partial charge in [-0.3, -0.25) is 0 Å². The van der Waals surface area contributed by atoms with E-state index in [4.69, 9.17) is 0 Å². The van der Waals surface area contributed by atoms with E-state index in [0.29, 0.717) is 5.57 Å². The van der Waals surface area contributed by atoms with Crippen molar-refractivity contribution in [2.45, 2.75) is 3.63 Å². The molecule has 7 heteroatoms. The van der Waals surface area contributed by atoms with Gasteiger partial charge in [0.2, 0.25) is 0 Å². The molecule has 1 aliphatic carbocycles. The van der Waals surface area contributed by atoms with E-state index in [9.17, 15) is 17.6 Å². The standard InChI is InChI=1S/C15H7F4.2ClH.Zr/c16-12-7-11(13(17)15(19)14(12)18)10-5-8-3-1-2-4-9(8)6-10;;;/h1-7H;2*1H;/q;;;+2/p-2. The van der Waals surface area contributed by atoms with Crippen molar-refractivity contribution >= 4 is 11.6 Å². The zero-order valence-corrected chi connectivity index (χ0v) is 14.8. The smallest absolute Gasteiger partial charge is 1.00 e. The SMILES string of the molecule is Fc1cc(C2=Cc3ccccc3[CH]2[Zr+2])c(F)c(F)c1F.[Cl-].[Cl-]. The number of benzene rings is 2. The predicted octanol–water partition coefficient (Wildman–Crippen LogP) is -1.61. The average Bonchev–Trinajstić information content (AvgIpc) is 2.78. The van der Waals surface area contributed by atoms with Crippen LogP contribution in [-0.2, 0) is 24.7 Å². The fourth-order valence-corrected chi connectivity index (χ4v) is 3.57. The zero-order valence-electron chi connectivity index (χ0n) is 10.8. The summed E-state index contributed by atoms with van der Waals surface area (Å²) in [6.07, 6.45) is 1.70. The predicted molar refractivity (Wildman–Crippen MR) is 63.3 cm³/mol. The van der Waals surface area contributed by atoms with Gasteiger partial charge in [0.15, 0.2) is 0 Å². The molecule has 0 nitrogen and oxygen atoms in total. The van der Waals surface area contributed by atoms with Gasteiger partial charge in [0.1, 0.15) is 0 Å². The van der Waals surface area contributed by atoms with Crippen LogP contribution in [0.2, 0.25) is 0 Å². The molecule has 0 saturated carbocycles. The molecule has 1 aliphatic rings. The van der Waals surface area contributed by atoms with E-state index in [1.54, 1.807) is 6.08 Å². The van der Waals surface area contributed by atoms with E-state index in [-0.39, 0.29) is 34.0 Å². The van der Waals surface area contributed by atoms with Gasteiger partial charge < -0.3 is 24.8 Å². The van der Waals surface area contributed by atoms with Crippen molar-refractivity contribution in [2.75, 3.05) is 0 Å². The van der Waals surface area contributed by atoms with Crippen molar-refractivity contribution in [3.63, 3.8) is 0 Å². The molecular formula is C15H7Cl2F4Zr. The minimum absolute atomic E-state index is 0. The minimum atomic E-state index is -1.78. The van der Waals surface area contributed by atoms with Crippen molar-refractivity contribution < 1.29 is 67.1 Å². The third kappa shape index (κ3) is 3.04. The summed E-state index contributed by atoms with van der Waals surface area (Å²) in [4.78, 5) is 0. The van der Waals surface area contributed by atoms with Crippen molar-refractivity contribution in [2.24, 2.45) is 0 Å². The molecule has 0 bridgehead atoms. The molecule has 0 spiro atoms. The van der Waals surface area contributed by atoms with Gasteiger partial charge in [-0.1, -0.05) is 0 Å². The van der Waals surface area contributed by atoms with Gasteiger partial charge in [-0.15, -0.1) is 0 Å². The van der Waals surface area contributed by atoms with Crippen molar-refractivity contribution in [3.05, 3.63) is 70.3 Å². The second kappa shape index (κ2) is 7.29. The minimum Gasteiger partial charge on any atom is -1.00 e. The van der Waals surface area contributed by atoms with Gasteiger partial charge in [-0.2, -0.15) is 0 Å². The Balaban J connectivity index is 0.00000121. The molecule has 22 heavy (non-hydrogen) atoms. The quantitative estimate of drug-likeness (QED) is 0.293. The number of allylic oxidation sites excluding steroid dienone is 1. The molecular weight excluding hydrogens is 418 g/mol. The first-order valence-corrected chi connectivity index (χ1v) is 7.27. The van der Waals surface area contributed by atoms with Gasteiger partial charge >= 0.3 is 128 Å². The van der Waals surface area contributed by atoms with E-state index >= 15 is 0 Å². The Bertz CT molecular complexity index is 747. The Labute approximate surface area is 152 Å². The van der Waals surface area contributed by atoms with Crippen molar-refractivity contribution in [1.29, 1.82) is 0 Å². The molecule has 2 aromatic carbocycles. The molecule has 0 aliphatic heterocycles. The molecule has 3 rings (SSSR count). The maximum Gasteiger partial charge on any atom is -1.00 e. The molecule has 0 N–H and O–H groups in total. The van der Waals surface area contributed by atoms with Crippen LogP contribution in [0, 0.1) is 23.3 Å². The number of fused-ring (bicyclic) bond motifs is 1. The Kier molecular flexibility index (Phi) is 6.43. The summed E-state index contributed by atoms with van der Waals surface area (Å²) < 4.78 is 53.5. The fourth-order valence-electron chi connectivity index (χ4n) is 2.34. The zero-order chi connectivity index (χ0) is 14.4. The summed E-state index contributed by atoms with van der Waals surface area (Å²) in [5, 5.41) is 0. The largest absolute Gasteiger partial charge is 1.00 e. The van der Waals surface area contributed by atoms with Crippen LogP contribution in [0.4, 0.5) is 17.6 Å². The summed E-state index contributed by atoms with van der Waals surface area (Å²) in [5.74, 6) is -6.25. The normalized spacial score (nSPS) is 15.5. The number of hydrogen-bond donors (Lipinski definition) is 0. The third-order valence-corrected chi connectivity index (χ3v) is 4.87. The molecule has 0 radical (unpaired) electrons. The van der Waals surface area contributed by atoms with Crippen LogP contribution >= 0.6 is 0 Å². The monoisotopic (exact) mass is 423 g/mol. The van der Waals surface area contributed by atoms with E-state index in [1.807, 2.05) is 24.3 Å². The second-order valence-corrected chi connectivity index (χ2v) is 5.93. The molecule has 0 heterocycles. The number of halogens is 6. The van der Waals surface area contributed by atoms with Gasteiger partial charge in [0.25, 0.3) is 0 Å². The van der Waals surface area contributed by atoms with Gasteiger partial charge in [0.05, 0.1) is 0 Å². The van der Waals surface area contributed by atoms with E-state index in [2.05, 4.69) is 0 Å². The molecule has 1 atom stereocenters. The molecule has 0 fully saturated rings. The average molecular weight is 425 g/mol. The maximum absolute atomic E-state index is 13.9. The van der Waals surface area contributed by atoms with E-state index < -0.39 is 23.3 Å². The van der Waals surface area contributed by atoms with E-state index in [1.165, 1.54) is 0 Å². The van der Waals surface area contributed by atoms with Crippen LogP contribution in [0.3, 0.4) is 0 Å². The Morgan fingerprint density at radius 1 is 0.864 bits per heavy atom. The summed E-state index contributed by atoms with van der Waals surface area (Å²) in [5.41, 5.74) is 2.16. The second-order valence-electron chi connectivity index (χ2n) is 4.51. The van der Waals surface area contributed by atoms with Gasteiger partial charge in [-0.25, -0.2) is 0 Å². The van der Waals surface area contributed by atoms with Crippen molar-refractivity contribution in [3.8, 4) is 0 Å². The molecule has 2 aromatic rings. The van der Waals surface area contributed by atoms with Crippen LogP contribution < -0.4 is 24.8 Å². The van der Waals surface area contributed by atoms with Crippen LogP contribution in [0.1, 0.15) is 20.3 Å². The molecule has 0 amide bonds. The van der Waals surface area contributed by atoms with Gasteiger partial charge in [-0.05, 0) is 0 Å².